The van der Waals surface area contributed by atoms with E-state index in [1.54, 1.807) is 0 Å². The molecule has 0 aliphatic carbocycles. The van der Waals surface area contributed by atoms with Crippen molar-refractivity contribution in [2.45, 2.75) is 6.92 Å². The molecule has 0 aliphatic heterocycles. The highest BCUT2D eigenvalue weighted by molar-refractivity contribution is 4.98. The van der Waals surface area contributed by atoms with Crippen molar-refractivity contribution in [2.24, 2.45) is 0 Å². The first-order chi connectivity index (χ1) is 4.61. The number of hydrogen-bond acceptors (Lipinski definition) is 2. The lowest BCUT2D eigenvalue weighted by atomic mass is 10.4. The highest BCUT2D eigenvalue weighted by atomic mass is 16.2. The molecule has 0 amide bonds. The molecule has 9 heavy (non-hydrogen) atoms. The van der Waals surface area contributed by atoms with Gasteiger partial charge < -0.3 is 4.98 Å². The first-order valence-corrected chi connectivity index (χ1v) is 2.41. The maximum atomic E-state index is 10.7. The summed E-state index contributed by atoms with van der Waals surface area (Å²) in [4.78, 5) is 25.2. The van der Waals surface area contributed by atoms with Crippen LogP contribution in [-0.2, 0) is 0 Å². The number of H-pyrrole nitrogens is 2. The molecule has 0 saturated heterocycles. The monoisotopic (exact) mass is 127 g/mol. The molecular formula is C5H6N2O2. The summed E-state index contributed by atoms with van der Waals surface area (Å²) in [6, 6.07) is 0. The fourth-order valence-corrected chi connectivity index (χ4v) is 0.435. The highest BCUT2D eigenvalue weighted by Crippen LogP contribution is 1.73. The average Bonchev–Trinajstić information content (AvgIpc) is 1.82. The van der Waals surface area contributed by atoms with Crippen molar-refractivity contribution in [3.05, 3.63) is 32.6 Å². The van der Waals surface area contributed by atoms with Crippen LogP contribution in [0.25, 0.3) is 0 Å². The van der Waals surface area contributed by atoms with Crippen LogP contribution in [0.5, 0.6) is 0 Å². The molecule has 48 valence electrons. The van der Waals surface area contributed by atoms with E-state index in [1.807, 2.05) is 4.98 Å². The summed E-state index contributed by atoms with van der Waals surface area (Å²) >= 11 is 0. The van der Waals surface area contributed by atoms with Crippen LogP contribution in [0.15, 0.2) is 15.8 Å². The summed E-state index contributed by atoms with van der Waals surface area (Å²) in [6.07, 6.45) is -0.131. The van der Waals surface area contributed by atoms with Gasteiger partial charge in [0, 0.05) is 11.7 Å². The normalized spacial score (nSPS) is 11.0. The lowest BCUT2D eigenvalue weighted by Crippen LogP contribution is -2.22. The first kappa shape index (κ1) is 4.55. The fourth-order valence-electron chi connectivity index (χ4n) is 0.435. The lowest BCUT2D eigenvalue weighted by Gasteiger charge is -1.84. The van der Waals surface area contributed by atoms with Crippen LogP contribution in [0.4, 0.5) is 0 Å². The van der Waals surface area contributed by atoms with E-state index in [9.17, 15) is 9.59 Å². The molecule has 0 radical (unpaired) electrons. The van der Waals surface area contributed by atoms with Gasteiger partial charge in [-0.1, -0.05) is 0 Å². The predicted molar refractivity (Wildman–Crippen MR) is 32.4 cm³/mol. The van der Waals surface area contributed by atoms with Crippen molar-refractivity contribution in [2.75, 3.05) is 0 Å². The van der Waals surface area contributed by atoms with Crippen molar-refractivity contribution in [3.8, 4) is 0 Å². The van der Waals surface area contributed by atoms with Gasteiger partial charge >= 0.3 is 5.69 Å². The Morgan fingerprint density at radius 3 is 2.89 bits per heavy atom. The summed E-state index contributed by atoms with van der Waals surface area (Å²) in [7, 11) is 0. The number of rotatable bonds is 0. The van der Waals surface area contributed by atoms with Crippen molar-refractivity contribution in [1.29, 1.82) is 0 Å². The quantitative estimate of drug-likeness (QED) is 0.487. The fraction of sp³-hybridized carbons (Fsp3) is 0.200. The maximum absolute atomic E-state index is 10.7. The zero-order chi connectivity index (χ0) is 7.72. The first-order valence-electron chi connectivity index (χ1n) is 2.91. The summed E-state index contributed by atoms with van der Waals surface area (Å²) in [6.45, 7) is 1.47. The summed E-state index contributed by atoms with van der Waals surface area (Å²) in [5, 5.41) is 0. The zero-order valence-electron chi connectivity index (χ0n) is 5.82. The summed E-state index contributed by atoms with van der Waals surface area (Å²) in [5.41, 5.74) is -0.922. The molecule has 0 fully saturated rings. The van der Waals surface area contributed by atoms with Gasteiger partial charge in [-0.15, -0.1) is 0 Å². The number of hydrogen-bond donors (Lipinski definition) is 2. The number of aromatic amines is 2. The minimum Gasteiger partial charge on any atom is -0.314 e. The number of nitrogens with one attached hydrogen (secondary N) is 2. The molecule has 0 aromatic carbocycles. The smallest absolute Gasteiger partial charge is 0.314 e. The van der Waals surface area contributed by atoms with Gasteiger partial charge in [0.25, 0.3) is 5.56 Å². The van der Waals surface area contributed by atoms with Crippen LogP contribution in [0.2, 0.25) is 0 Å². The van der Waals surface area contributed by atoms with Crippen LogP contribution in [-0.4, -0.2) is 9.97 Å². The Morgan fingerprint density at radius 2 is 2.33 bits per heavy atom. The Hall–Kier alpha value is -1.32. The predicted octanol–water partition coefficient (Wildman–Crippen LogP) is -0.628. The Labute approximate surface area is 52.0 Å². The molecule has 0 saturated carbocycles. The van der Waals surface area contributed by atoms with Crippen LogP contribution in [0.3, 0.4) is 0 Å². The molecule has 1 rings (SSSR count). The standard InChI is InChI=1S/C5H6N2O2/c1-3-2-6-5(9)7-4(3)8/h2H,1H3,(H2,6,7,8,9)/i2D. The second-order valence-electron chi connectivity index (χ2n) is 1.66. The van der Waals surface area contributed by atoms with Crippen LogP contribution in [0, 0.1) is 6.92 Å². The van der Waals surface area contributed by atoms with Gasteiger partial charge in [-0.05, 0) is 6.92 Å². The second-order valence-corrected chi connectivity index (χ2v) is 1.66. The second kappa shape index (κ2) is 1.89. The van der Waals surface area contributed by atoms with E-state index >= 15 is 0 Å². The van der Waals surface area contributed by atoms with E-state index in [1.165, 1.54) is 6.92 Å². The van der Waals surface area contributed by atoms with Gasteiger partial charge in [0.05, 0.1) is 1.37 Å². The van der Waals surface area contributed by atoms with Crippen molar-refractivity contribution in [1.82, 2.24) is 9.97 Å². The summed E-state index contributed by atoms with van der Waals surface area (Å²) in [5.74, 6) is 0. The Kier molecular flexibility index (Phi) is 0.955. The molecule has 0 spiro atoms. The molecule has 1 aromatic heterocycles. The molecule has 0 bridgehead atoms. The van der Waals surface area contributed by atoms with Crippen molar-refractivity contribution >= 4 is 0 Å². The zero-order valence-corrected chi connectivity index (χ0v) is 4.82. The number of aromatic nitrogens is 2. The van der Waals surface area contributed by atoms with Gasteiger partial charge in [0.15, 0.2) is 0 Å². The third-order valence-corrected chi connectivity index (χ3v) is 0.931. The molecule has 1 aromatic rings. The van der Waals surface area contributed by atoms with E-state index in [-0.39, 0.29) is 11.7 Å². The molecule has 1 heterocycles. The van der Waals surface area contributed by atoms with E-state index in [2.05, 4.69) is 4.98 Å². The molecule has 2 N–H and O–H groups in total. The van der Waals surface area contributed by atoms with E-state index in [4.69, 9.17) is 1.37 Å². The Morgan fingerprint density at radius 1 is 1.67 bits per heavy atom. The minimum atomic E-state index is -0.638. The van der Waals surface area contributed by atoms with E-state index in [0.29, 0.717) is 0 Å². The molecule has 0 atom stereocenters. The maximum Gasteiger partial charge on any atom is 0.325 e. The van der Waals surface area contributed by atoms with Gasteiger partial charge in [-0.3, -0.25) is 9.78 Å². The molecular weight excluding hydrogens is 120 g/mol. The van der Waals surface area contributed by atoms with Gasteiger partial charge in [0.1, 0.15) is 0 Å². The van der Waals surface area contributed by atoms with Crippen LogP contribution in [0.1, 0.15) is 6.93 Å². The Balaban J connectivity index is 3.62. The largest absolute Gasteiger partial charge is 0.325 e. The third-order valence-electron chi connectivity index (χ3n) is 0.931. The topological polar surface area (TPSA) is 65.7 Å². The van der Waals surface area contributed by atoms with Crippen molar-refractivity contribution < 1.29 is 1.37 Å². The molecule has 0 aliphatic rings. The lowest BCUT2D eigenvalue weighted by molar-refractivity contribution is 1.01. The van der Waals surface area contributed by atoms with Gasteiger partial charge in [-0.2, -0.15) is 0 Å². The SMILES string of the molecule is [2H]c1[nH]c(=O)[nH]c(=O)c1C. The summed E-state index contributed by atoms with van der Waals surface area (Å²) < 4.78 is 7.03. The van der Waals surface area contributed by atoms with Crippen molar-refractivity contribution in [3.63, 3.8) is 0 Å². The molecule has 4 nitrogen and oxygen atoms in total. The highest BCUT2D eigenvalue weighted by Gasteiger charge is 1.88. The van der Waals surface area contributed by atoms with Crippen LogP contribution >= 0.6 is 0 Å². The van der Waals surface area contributed by atoms with Crippen LogP contribution < -0.4 is 11.2 Å². The van der Waals surface area contributed by atoms with E-state index < -0.39 is 11.2 Å². The minimum absolute atomic E-state index is 0.131. The average molecular weight is 127 g/mol. The van der Waals surface area contributed by atoms with Gasteiger partial charge in [0.2, 0.25) is 0 Å². The van der Waals surface area contributed by atoms with Gasteiger partial charge in [-0.25, -0.2) is 4.79 Å². The molecule has 0 unspecified atom stereocenters. The molecule has 4 heteroatoms. The van der Waals surface area contributed by atoms with E-state index in [0.717, 1.165) is 0 Å². The Bertz CT molecular complexity index is 351. The third kappa shape index (κ3) is 1.07.